The Morgan fingerprint density at radius 1 is 1.10 bits per heavy atom. The van der Waals surface area contributed by atoms with Gasteiger partial charge in [0, 0.05) is 22.5 Å². The summed E-state index contributed by atoms with van der Waals surface area (Å²) >= 11 is 11.0. The van der Waals surface area contributed by atoms with Crippen LogP contribution in [0.5, 0.6) is 0 Å². The lowest BCUT2D eigenvalue weighted by atomic mass is 10.4. The van der Waals surface area contributed by atoms with Crippen molar-refractivity contribution in [3.8, 4) is 0 Å². The highest BCUT2D eigenvalue weighted by Gasteiger charge is 2.17. The van der Waals surface area contributed by atoms with Gasteiger partial charge in [-0.15, -0.1) is 0 Å². The minimum absolute atomic E-state index is 0.247. The van der Waals surface area contributed by atoms with Crippen LogP contribution in [0.3, 0.4) is 0 Å². The molecule has 4 nitrogen and oxygen atoms in total. The van der Waals surface area contributed by atoms with E-state index in [1.807, 2.05) is 24.3 Å². The summed E-state index contributed by atoms with van der Waals surface area (Å²) in [5.74, 6) is 0.678. The molecule has 0 unspecified atom stereocenters. The van der Waals surface area contributed by atoms with Crippen LogP contribution < -0.4 is 4.90 Å². The van der Waals surface area contributed by atoms with Crippen LogP contribution in [-0.2, 0) is 0 Å². The van der Waals surface area contributed by atoms with Crippen LogP contribution in [0.1, 0.15) is 12.8 Å². The van der Waals surface area contributed by atoms with E-state index in [0.29, 0.717) is 11.1 Å². The fourth-order valence-corrected chi connectivity index (χ4v) is 3.55. The highest BCUT2D eigenvalue weighted by atomic mass is 79.9. The van der Waals surface area contributed by atoms with Crippen molar-refractivity contribution in [3.63, 3.8) is 0 Å². The molecule has 104 valence electrons. The lowest BCUT2D eigenvalue weighted by Crippen LogP contribution is -2.21. The van der Waals surface area contributed by atoms with Crippen molar-refractivity contribution >= 4 is 45.2 Å². The molecular formula is C13H12BrClN4S. The standard InChI is InChI=1S/C13H12BrClN4S/c14-9-5-1-2-6-10(9)20-13-17-11(15)16-12(18-13)19-7-3-4-8-19/h1-2,5-6H,3-4,7-8H2. The lowest BCUT2D eigenvalue weighted by Gasteiger charge is -2.15. The molecule has 2 aromatic rings. The monoisotopic (exact) mass is 370 g/mol. The first kappa shape index (κ1) is 14.1. The topological polar surface area (TPSA) is 41.9 Å². The zero-order valence-corrected chi connectivity index (χ0v) is 13.7. The van der Waals surface area contributed by atoms with E-state index in [1.54, 1.807) is 0 Å². The zero-order valence-electron chi connectivity index (χ0n) is 10.6. The molecule has 3 rings (SSSR count). The molecule has 1 saturated heterocycles. The van der Waals surface area contributed by atoms with E-state index in [-0.39, 0.29) is 5.28 Å². The smallest absolute Gasteiger partial charge is 0.230 e. The Balaban J connectivity index is 1.88. The summed E-state index contributed by atoms with van der Waals surface area (Å²) in [7, 11) is 0. The summed E-state index contributed by atoms with van der Waals surface area (Å²) in [5.41, 5.74) is 0. The Bertz CT molecular complexity index is 619. The Labute approximate surface area is 135 Å². The van der Waals surface area contributed by atoms with Gasteiger partial charge in [0.2, 0.25) is 11.2 Å². The fraction of sp³-hybridized carbons (Fsp3) is 0.308. The molecule has 1 aliphatic heterocycles. The molecule has 2 heterocycles. The van der Waals surface area contributed by atoms with Gasteiger partial charge in [-0.05, 0) is 64.3 Å². The van der Waals surface area contributed by atoms with Gasteiger partial charge in [-0.25, -0.2) is 0 Å². The predicted molar refractivity (Wildman–Crippen MR) is 84.5 cm³/mol. The zero-order chi connectivity index (χ0) is 13.9. The normalized spacial score (nSPS) is 14.8. The van der Waals surface area contributed by atoms with Gasteiger partial charge >= 0.3 is 0 Å². The molecule has 0 atom stereocenters. The maximum atomic E-state index is 6.02. The van der Waals surface area contributed by atoms with E-state index in [2.05, 4.69) is 35.8 Å². The molecule has 0 spiro atoms. The van der Waals surface area contributed by atoms with E-state index in [1.165, 1.54) is 24.6 Å². The van der Waals surface area contributed by atoms with E-state index in [9.17, 15) is 0 Å². The molecular weight excluding hydrogens is 360 g/mol. The molecule has 0 radical (unpaired) electrons. The minimum atomic E-state index is 0.247. The second-order valence-electron chi connectivity index (χ2n) is 4.41. The summed E-state index contributed by atoms with van der Waals surface area (Å²) in [6, 6.07) is 7.97. The van der Waals surface area contributed by atoms with E-state index in [4.69, 9.17) is 11.6 Å². The van der Waals surface area contributed by atoms with Crippen molar-refractivity contribution in [1.29, 1.82) is 0 Å². The maximum absolute atomic E-state index is 6.02. The number of anilines is 1. The molecule has 1 aliphatic rings. The van der Waals surface area contributed by atoms with E-state index in [0.717, 1.165) is 22.5 Å². The molecule has 0 bridgehead atoms. The highest BCUT2D eigenvalue weighted by Crippen LogP contribution is 2.32. The Hall–Kier alpha value is -0.850. The van der Waals surface area contributed by atoms with Crippen LogP contribution in [0.15, 0.2) is 38.8 Å². The fourth-order valence-electron chi connectivity index (χ4n) is 2.05. The van der Waals surface area contributed by atoms with Crippen molar-refractivity contribution in [2.24, 2.45) is 0 Å². The number of hydrogen-bond acceptors (Lipinski definition) is 5. The third-order valence-electron chi connectivity index (χ3n) is 3.00. The molecule has 1 aromatic heterocycles. The van der Waals surface area contributed by atoms with Gasteiger partial charge in [0.1, 0.15) is 0 Å². The van der Waals surface area contributed by atoms with Crippen LogP contribution in [0, 0.1) is 0 Å². The van der Waals surface area contributed by atoms with Crippen LogP contribution in [0.2, 0.25) is 5.28 Å². The van der Waals surface area contributed by atoms with Crippen molar-refractivity contribution < 1.29 is 0 Å². The Morgan fingerprint density at radius 2 is 1.85 bits per heavy atom. The third kappa shape index (κ3) is 3.24. The Kier molecular flexibility index (Phi) is 4.43. The van der Waals surface area contributed by atoms with E-state index >= 15 is 0 Å². The average molecular weight is 372 g/mol. The number of rotatable bonds is 3. The minimum Gasteiger partial charge on any atom is -0.341 e. The third-order valence-corrected chi connectivity index (χ3v) is 5.07. The highest BCUT2D eigenvalue weighted by molar-refractivity contribution is 9.10. The molecule has 1 aromatic carbocycles. The van der Waals surface area contributed by atoms with E-state index < -0.39 is 0 Å². The molecule has 0 aliphatic carbocycles. The van der Waals surface area contributed by atoms with Gasteiger partial charge in [-0.2, -0.15) is 15.0 Å². The summed E-state index contributed by atoms with van der Waals surface area (Å²) in [4.78, 5) is 16.1. The average Bonchev–Trinajstić information content (AvgIpc) is 2.95. The second kappa shape index (κ2) is 6.28. The van der Waals surface area contributed by atoms with Gasteiger partial charge in [0.25, 0.3) is 0 Å². The SMILES string of the molecule is Clc1nc(Sc2ccccc2Br)nc(N2CCCC2)n1. The number of nitrogens with zero attached hydrogens (tertiary/aromatic N) is 4. The second-order valence-corrected chi connectivity index (χ2v) is 6.62. The number of aromatic nitrogens is 3. The molecule has 20 heavy (non-hydrogen) atoms. The van der Waals surface area contributed by atoms with Gasteiger partial charge in [0.15, 0.2) is 5.16 Å². The van der Waals surface area contributed by atoms with Crippen LogP contribution >= 0.6 is 39.3 Å². The molecule has 0 N–H and O–H groups in total. The van der Waals surface area contributed by atoms with Crippen LogP contribution in [-0.4, -0.2) is 28.0 Å². The summed E-state index contributed by atoms with van der Waals surface area (Å²) in [6.45, 7) is 1.97. The molecule has 1 fully saturated rings. The van der Waals surface area contributed by atoms with Gasteiger partial charge < -0.3 is 4.90 Å². The van der Waals surface area contributed by atoms with Gasteiger partial charge in [-0.1, -0.05) is 12.1 Å². The van der Waals surface area contributed by atoms with Crippen molar-refractivity contribution in [1.82, 2.24) is 15.0 Å². The lowest BCUT2D eigenvalue weighted by molar-refractivity contribution is 0.826. The number of halogens is 2. The van der Waals surface area contributed by atoms with Crippen molar-refractivity contribution in [2.75, 3.05) is 18.0 Å². The Morgan fingerprint density at radius 3 is 2.60 bits per heavy atom. The van der Waals surface area contributed by atoms with Crippen LogP contribution in [0.25, 0.3) is 0 Å². The predicted octanol–water partition coefficient (Wildman–Crippen LogP) is 4.04. The first-order valence-electron chi connectivity index (χ1n) is 6.31. The first-order chi connectivity index (χ1) is 9.72. The van der Waals surface area contributed by atoms with Crippen molar-refractivity contribution in [2.45, 2.75) is 22.9 Å². The van der Waals surface area contributed by atoms with Gasteiger partial charge in [-0.3, -0.25) is 0 Å². The largest absolute Gasteiger partial charge is 0.341 e. The summed E-state index contributed by atoms with van der Waals surface area (Å²) in [6.07, 6.45) is 2.35. The van der Waals surface area contributed by atoms with Crippen molar-refractivity contribution in [3.05, 3.63) is 34.0 Å². The van der Waals surface area contributed by atoms with Crippen LogP contribution in [0.4, 0.5) is 5.95 Å². The maximum Gasteiger partial charge on any atom is 0.230 e. The number of benzene rings is 1. The quantitative estimate of drug-likeness (QED) is 0.814. The molecule has 0 saturated carbocycles. The summed E-state index contributed by atoms with van der Waals surface area (Å²) < 4.78 is 1.02. The van der Waals surface area contributed by atoms with Gasteiger partial charge in [0.05, 0.1) is 0 Å². The molecule has 7 heteroatoms. The number of hydrogen-bond donors (Lipinski definition) is 0. The first-order valence-corrected chi connectivity index (χ1v) is 8.30. The summed E-state index contributed by atoms with van der Waals surface area (Å²) in [5, 5.41) is 0.871. The molecule has 0 amide bonds.